The average Bonchev–Trinajstić information content (AvgIpc) is 3.24. The number of thiazole rings is 1. The van der Waals surface area contributed by atoms with Gasteiger partial charge < -0.3 is 15.5 Å². The van der Waals surface area contributed by atoms with Crippen LogP contribution < -0.4 is 10.6 Å². The quantitative estimate of drug-likeness (QED) is 0.292. The van der Waals surface area contributed by atoms with Gasteiger partial charge in [0.05, 0.1) is 22.0 Å². The molecule has 4 aromatic rings. The number of pyridine rings is 1. The number of β-amino-alcohol motifs (C(OH)–C–C–N with tert-alkyl or cyclic N) is 1. The van der Waals surface area contributed by atoms with E-state index in [4.69, 9.17) is 0 Å². The maximum absolute atomic E-state index is 12.1. The average molecular weight is 520 g/mol. The number of hydrogen-bond donors (Lipinski definition) is 4. The highest BCUT2D eigenvalue weighted by atomic mass is 32.1. The van der Waals surface area contributed by atoms with Gasteiger partial charge in [0.1, 0.15) is 5.60 Å². The van der Waals surface area contributed by atoms with Gasteiger partial charge in [-0.3, -0.25) is 15.2 Å². The van der Waals surface area contributed by atoms with Gasteiger partial charge in [-0.1, -0.05) is 11.3 Å². The standard InChI is InChI=1S/C26H29N7O3S/c1-4-27-24(35)32-25-31-21-9-16(17-10-29-23(30-11-17)26(2,3)36)8-19(22(21)37-25)20-7-15(5-6-28-20)12-33-13-18(34)14-33/h5-11,18,34,36H,4,12-14H2,1-3H3,(H2,27,31,32,35). The Hall–Kier alpha value is -3.51. The zero-order valence-corrected chi connectivity index (χ0v) is 21.7. The van der Waals surface area contributed by atoms with Crippen LogP contribution in [0.5, 0.6) is 0 Å². The van der Waals surface area contributed by atoms with Crippen LogP contribution in [0.3, 0.4) is 0 Å². The molecule has 1 saturated heterocycles. The van der Waals surface area contributed by atoms with Gasteiger partial charge in [-0.15, -0.1) is 0 Å². The number of aliphatic hydroxyl groups excluding tert-OH is 1. The fraction of sp³-hybridized carbons (Fsp3) is 0.346. The van der Waals surface area contributed by atoms with Crippen molar-refractivity contribution in [2.75, 3.05) is 25.0 Å². The van der Waals surface area contributed by atoms with E-state index in [2.05, 4.69) is 35.5 Å². The lowest BCUT2D eigenvalue weighted by molar-refractivity contribution is -0.00286. The number of nitrogens with one attached hydrogen (secondary N) is 2. The lowest BCUT2D eigenvalue weighted by Crippen LogP contribution is -2.49. The zero-order valence-electron chi connectivity index (χ0n) is 20.9. The first-order chi connectivity index (χ1) is 17.7. The third-order valence-electron chi connectivity index (χ3n) is 6.02. The van der Waals surface area contributed by atoms with Gasteiger partial charge in [-0.25, -0.2) is 19.7 Å². The molecule has 4 heterocycles. The third-order valence-corrected chi connectivity index (χ3v) is 7.04. The molecule has 3 aromatic heterocycles. The van der Waals surface area contributed by atoms with Crippen LogP contribution in [-0.2, 0) is 12.1 Å². The fourth-order valence-corrected chi connectivity index (χ4v) is 5.15. The van der Waals surface area contributed by atoms with Gasteiger partial charge >= 0.3 is 6.03 Å². The zero-order chi connectivity index (χ0) is 26.2. The molecule has 0 atom stereocenters. The van der Waals surface area contributed by atoms with Crippen molar-refractivity contribution in [3.05, 3.63) is 54.2 Å². The van der Waals surface area contributed by atoms with Crippen LogP contribution in [0.15, 0.2) is 42.9 Å². The molecule has 2 amide bonds. The van der Waals surface area contributed by atoms with Crippen molar-refractivity contribution in [2.24, 2.45) is 0 Å². The topological polar surface area (TPSA) is 136 Å². The first-order valence-electron chi connectivity index (χ1n) is 12.1. The van der Waals surface area contributed by atoms with Crippen molar-refractivity contribution in [3.8, 4) is 22.4 Å². The van der Waals surface area contributed by atoms with Crippen molar-refractivity contribution >= 4 is 32.7 Å². The van der Waals surface area contributed by atoms with E-state index in [1.807, 2.05) is 31.2 Å². The molecular formula is C26H29N7O3S. The molecule has 1 fully saturated rings. The lowest BCUT2D eigenvalue weighted by Gasteiger charge is -2.35. The Bertz CT molecular complexity index is 1430. The van der Waals surface area contributed by atoms with E-state index in [1.165, 1.54) is 11.3 Å². The van der Waals surface area contributed by atoms with Crippen molar-refractivity contribution in [1.29, 1.82) is 0 Å². The highest BCUT2D eigenvalue weighted by Crippen LogP contribution is 2.38. The number of anilines is 1. The maximum atomic E-state index is 12.1. The molecule has 1 aliphatic rings. The van der Waals surface area contributed by atoms with Crippen LogP contribution in [0.1, 0.15) is 32.2 Å². The molecule has 37 heavy (non-hydrogen) atoms. The highest BCUT2D eigenvalue weighted by Gasteiger charge is 2.24. The summed E-state index contributed by atoms with van der Waals surface area (Å²) in [6, 6.07) is 7.68. The van der Waals surface area contributed by atoms with E-state index in [0.29, 0.717) is 36.1 Å². The van der Waals surface area contributed by atoms with Crippen LogP contribution >= 0.6 is 11.3 Å². The number of rotatable bonds is 7. The Balaban J connectivity index is 1.57. The minimum atomic E-state index is -1.14. The number of likely N-dealkylation sites (tertiary alicyclic amines) is 1. The van der Waals surface area contributed by atoms with Gasteiger partial charge in [0.2, 0.25) is 0 Å². The number of benzene rings is 1. The number of amides is 2. The first-order valence-corrected chi connectivity index (χ1v) is 12.9. The van der Waals surface area contributed by atoms with E-state index in [1.54, 1.807) is 32.4 Å². The van der Waals surface area contributed by atoms with E-state index >= 15 is 0 Å². The second-order valence-corrected chi connectivity index (χ2v) is 10.6. The van der Waals surface area contributed by atoms with Crippen LogP contribution in [0, 0.1) is 0 Å². The molecule has 11 heteroatoms. The van der Waals surface area contributed by atoms with Crippen LogP contribution in [-0.4, -0.2) is 66.8 Å². The molecule has 1 aromatic carbocycles. The number of nitrogens with zero attached hydrogens (tertiary/aromatic N) is 5. The predicted molar refractivity (Wildman–Crippen MR) is 143 cm³/mol. The summed E-state index contributed by atoms with van der Waals surface area (Å²) in [4.78, 5) is 32.3. The number of hydrogen-bond acceptors (Lipinski definition) is 9. The van der Waals surface area contributed by atoms with E-state index in [0.717, 1.165) is 39.2 Å². The molecule has 192 valence electrons. The van der Waals surface area contributed by atoms with Gasteiger partial charge in [0.15, 0.2) is 11.0 Å². The van der Waals surface area contributed by atoms with Gasteiger partial charge in [-0.2, -0.15) is 0 Å². The summed E-state index contributed by atoms with van der Waals surface area (Å²) in [7, 11) is 0. The Morgan fingerprint density at radius 1 is 1.16 bits per heavy atom. The summed E-state index contributed by atoms with van der Waals surface area (Å²) in [5.41, 5.74) is 3.95. The Labute approximate surface area is 218 Å². The first kappa shape index (κ1) is 25.2. The van der Waals surface area contributed by atoms with E-state index in [9.17, 15) is 15.0 Å². The van der Waals surface area contributed by atoms with Crippen molar-refractivity contribution in [3.63, 3.8) is 0 Å². The SMILES string of the molecule is CCNC(=O)Nc1nc2cc(-c3cnc(C(C)(C)O)nc3)cc(-c3cc(CN4CC(O)C4)ccn3)c2s1. The molecule has 5 rings (SSSR count). The molecular weight excluding hydrogens is 490 g/mol. The van der Waals surface area contributed by atoms with Crippen molar-refractivity contribution in [1.82, 2.24) is 30.2 Å². The summed E-state index contributed by atoms with van der Waals surface area (Å²) in [5, 5.41) is 25.9. The normalized spacial score (nSPS) is 14.5. The largest absolute Gasteiger partial charge is 0.390 e. The smallest absolute Gasteiger partial charge is 0.321 e. The summed E-state index contributed by atoms with van der Waals surface area (Å²) in [6.07, 6.45) is 4.90. The van der Waals surface area contributed by atoms with E-state index in [-0.39, 0.29) is 12.1 Å². The monoisotopic (exact) mass is 519 g/mol. The minimum absolute atomic E-state index is 0.254. The molecule has 0 bridgehead atoms. The number of aliphatic hydroxyl groups is 2. The van der Waals surface area contributed by atoms with Crippen LogP contribution in [0.25, 0.3) is 32.6 Å². The molecule has 4 N–H and O–H groups in total. The van der Waals surface area contributed by atoms with Gasteiger partial charge in [0, 0.05) is 55.9 Å². The summed E-state index contributed by atoms with van der Waals surface area (Å²) < 4.78 is 0.897. The molecule has 0 radical (unpaired) electrons. The number of carbonyl (C=O) groups excluding carboxylic acids is 1. The van der Waals surface area contributed by atoms with Crippen molar-refractivity contribution in [2.45, 2.75) is 39.0 Å². The molecule has 0 saturated carbocycles. The number of aromatic nitrogens is 4. The van der Waals surface area contributed by atoms with E-state index < -0.39 is 5.60 Å². The molecule has 10 nitrogen and oxygen atoms in total. The highest BCUT2D eigenvalue weighted by molar-refractivity contribution is 7.22. The summed E-state index contributed by atoms with van der Waals surface area (Å²) >= 11 is 1.39. The fourth-order valence-electron chi connectivity index (χ4n) is 4.19. The Morgan fingerprint density at radius 2 is 1.92 bits per heavy atom. The van der Waals surface area contributed by atoms with Crippen LogP contribution in [0.4, 0.5) is 9.93 Å². The molecule has 0 aliphatic carbocycles. The lowest BCUT2D eigenvalue weighted by atomic mass is 10.0. The van der Waals surface area contributed by atoms with Gasteiger partial charge in [-0.05, 0) is 56.2 Å². The maximum Gasteiger partial charge on any atom is 0.321 e. The third kappa shape index (κ3) is 5.59. The summed E-state index contributed by atoms with van der Waals surface area (Å²) in [5.74, 6) is 0.338. The Morgan fingerprint density at radius 3 is 2.59 bits per heavy atom. The molecule has 1 aliphatic heterocycles. The van der Waals surface area contributed by atoms with Gasteiger partial charge in [0.25, 0.3) is 0 Å². The second kappa shape index (κ2) is 10.1. The summed E-state index contributed by atoms with van der Waals surface area (Å²) in [6.45, 7) is 7.72. The van der Waals surface area contributed by atoms with Crippen LogP contribution in [0.2, 0.25) is 0 Å². The molecule has 0 unspecified atom stereocenters. The number of urea groups is 1. The number of carbonyl (C=O) groups is 1. The number of fused-ring (bicyclic) bond motifs is 1. The minimum Gasteiger partial charge on any atom is -0.390 e. The van der Waals surface area contributed by atoms with Crippen molar-refractivity contribution < 1.29 is 15.0 Å². The second-order valence-electron chi connectivity index (χ2n) is 9.63. The Kier molecular flexibility index (Phi) is 6.86. The molecule has 0 spiro atoms. The predicted octanol–water partition coefficient (Wildman–Crippen LogP) is 3.36.